The van der Waals surface area contributed by atoms with Crippen molar-refractivity contribution in [1.82, 2.24) is 0 Å². The van der Waals surface area contributed by atoms with Crippen LogP contribution in [-0.2, 0) is 9.84 Å². The number of allylic oxidation sites excluding steroid dienone is 1. The maximum atomic E-state index is 13.6. The number of hydrogen-bond acceptors (Lipinski definition) is 5. The number of phenolic OH excluding ortho intramolecular Hbond substituents is 1. The van der Waals surface area contributed by atoms with E-state index in [0.29, 0.717) is 29.6 Å². The molecule has 0 amide bonds. The highest BCUT2D eigenvalue weighted by Gasteiger charge is 2.41. The van der Waals surface area contributed by atoms with Gasteiger partial charge in [-0.05, 0) is 54.0 Å². The molecule has 7 heteroatoms. The molecule has 1 aromatic rings. The summed E-state index contributed by atoms with van der Waals surface area (Å²) in [5.74, 6) is -1.24. The molecule has 1 aliphatic heterocycles. The summed E-state index contributed by atoms with van der Waals surface area (Å²) in [4.78, 5) is 0. The first-order chi connectivity index (χ1) is 13.6. The van der Waals surface area contributed by atoms with Crippen LogP contribution in [0.25, 0.3) is 6.08 Å². The van der Waals surface area contributed by atoms with E-state index in [0.717, 1.165) is 18.4 Å². The maximum absolute atomic E-state index is 13.6. The first-order valence-corrected chi connectivity index (χ1v) is 11.7. The number of benzene rings is 1. The molecule has 0 saturated heterocycles. The van der Waals surface area contributed by atoms with Crippen LogP contribution >= 0.6 is 0 Å². The molecule has 0 unspecified atom stereocenters. The zero-order chi connectivity index (χ0) is 21.8. The van der Waals surface area contributed by atoms with Crippen molar-refractivity contribution >= 4 is 15.9 Å². The normalized spacial score (nSPS) is 20.5. The minimum atomic E-state index is -3.50. The van der Waals surface area contributed by atoms with Gasteiger partial charge in [-0.1, -0.05) is 44.9 Å². The topological polar surface area (TPSA) is 94.8 Å². The Morgan fingerprint density at radius 2 is 2.00 bits per heavy atom. The highest BCUT2D eigenvalue weighted by atomic mass is 32.2. The Kier molecular flexibility index (Phi) is 8.02. The predicted molar refractivity (Wildman–Crippen MR) is 113 cm³/mol. The Labute approximate surface area is 172 Å². The Morgan fingerprint density at radius 1 is 1.31 bits per heavy atom. The van der Waals surface area contributed by atoms with Crippen LogP contribution in [0.4, 0.5) is 4.39 Å². The fourth-order valence-electron chi connectivity index (χ4n) is 3.86. The van der Waals surface area contributed by atoms with Gasteiger partial charge in [-0.15, -0.1) is 0 Å². The monoisotopic (exact) mass is 426 g/mol. The van der Waals surface area contributed by atoms with Gasteiger partial charge < -0.3 is 15.3 Å². The van der Waals surface area contributed by atoms with Gasteiger partial charge in [0, 0.05) is 0 Å². The largest absolute Gasteiger partial charge is 0.505 e. The summed E-state index contributed by atoms with van der Waals surface area (Å²) >= 11 is 0. The molecule has 0 radical (unpaired) electrons. The summed E-state index contributed by atoms with van der Waals surface area (Å²) in [6.45, 7) is 5.26. The molecule has 0 aliphatic carbocycles. The standard InChI is InChI=1S/C22H31FO5S/c1-4-5-15(10-16-7-8-19(25)18(23)11-16)6-9-20(26)22-17(14(2)3)13-29(27,28)21(22)12-24/h7-8,10-11,14,20-21,24-26H,4-6,9,12-13H2,1-3H3/b15-10+/t20-,21+/m1/s1. The molecule has 2 atom stereocenters. The SMILES string of the molecule is CCC/C(=C\c1ccc(O)c(F)c1)CC[C@@H](O)C1=C(C(C)C)CS(=O)(=O)[C@H]1CO. The summed E-state index contributed by atoms with van der Waals surface area (Å²) in [5, 5.41) is 28.7. The number of hydrogen-bond donors (Lipinski definition) is 3. The number of halogens is 1. The van der Waals surface area contributed by atoms with E-state index in [1.165, 1.54) is 12.1 Å². The second-order valence-corrected chi connectivity index (χ2v) is 10.1. The van der Waals surface area contributed by atoms with Gasteiger partial charge >= 0.3 is 0 Å². The summed E-state index contributed by atoms with van der Waals surface area (Å²) in [6, 6.07) is 4.18. The second-order valence-electron chi connectivity index (χ2n) is 7.93. The highest BCUT2D eigenvalue weighted by molar-refractivity contribution is 7.92. The van der Waals surface area contributed by atoms with Crippen LogP contribution in [0.2, 0.25) is 0 Å². The van der Waals surface area contributed by atoms with Crippen molar-refractivity contribution in [2.45, 2.75) is 57.8 Å². The summed E-state index contributed by atoms with van der Waals surface area (Å²) in [5.41, 5.74) is 2.76. The number of sulfone groups is 1. The Bertz CT molecular complexity index is 886. The lowest BCUT2D eigenvalue weighted by Crippen LogP contribution is -2.29. The summed E-state index contributed by atoms with van der Waals surface area (Å²) in [6.07, 6.45) is 3.35. The van der Waals surface area contributed by atoms with Crippen LogP contribution in [0.5, 0.6) is 5.75 Å². The predicted octanol–water partition coefficient (Wildman–Crippen LogP) is 3.60. The van der Waals surface area contributed by atoms with Gasteiger partial charge in [0.05, 0.1) is 18.5 Å². The van der Waals surface area contributed by atoms with Gasteiger partial charge in [-0.3, -0.25) is 0 Å². The molecule has 1 aromatic carbocycles. The lowest BCUT2D eigenvalue weighted by atomic mass is 9.90. The van der Waals surface area contributed by atoms with E-state index in [2.05, 4.69) is 0 Å². The van der Waals surface area contributed by atoms with Crippen LogP contribution in [0.3, 0.4) is 0 Å². The van der Waals surface area contributed by atoms with Crippen molar-refractivity contribution in [2.24, 2.45) is 5.92 Å². The lowest BCUT2D eigenvalue weighted by Gasteiger charge is -2.20. The van der Waals surface area contributed by atoms with Crippen LogP contribution in [0.15, 0.2) is 34.9 Å². The molecule has 0 aromatic heterocycles. The molecule has 0 saturated carbocycles. The Morgan fingerprint density at radius 3 is 2.55 bits per heavy atom. The highest BCUT2D eigenvalue weighted by Crippen LogP contribution is 2.35. The van der Waals surface area contributed by atoms with Crippen molar-refractivity contribution in [1.29, 1.82) is 0 Å². The first kappa shape index (κ1) is 23.6. The molecule has 29 heavy (non-hydrogen) atoms. The maximum Gasteiger partial charge on any atom is 0.165 e. The minimum absolute atomic E-state index is 0.0309. The molecular formula is C22H31FO5S. The minimum Gasteiger partial charge on any atom is -0.505 e. The number of aromatic hydroxyl groups is 1. The van der Waals surface area contributed by atoms with Crippen molar-refractivity contribution < 1.29 is 28.1 Å². The molecule has 5 nitrogen and oxygen atoms in total. The average molecular weight is 427 g/mol. The number of aliphatic hydroxyl groups is 2. The fourth-order valence-corrected chi connectivity index (χ4v) is 5.92. The number of aliphatic hydroxyl groups excluding tert-OH is 2. The third-order valence-electron chi connectivity index (χ3n) is 5.38. The zero-order valence-electron chi connectivity index (χ0n) is 17.2. The van der Waals surface area contributed by atoms with Crippen LogP contribution in [0, 0.1) is 11.7 Å². The van der Waals surface area contributed by atoms with Gasteiger partial charge in [0.15, 0.2) is 21.4 Å². The van der Waals surface area contributed by atoms with E-state index in [1.54, 1.807) is 6.07 Å². The molecule has 0 spiro atoms. The van der Waals surface area contributed by atoms with Gasteiger partial charge in [0.1, 0.15) is 5.25 Å². The summed E-state index contributed by atoms with van der Waals surface area (Å²) in [7, 11) is -3.50. The third-order valence-corrected chi connectivity index (χ3v) is 7.37. The Hall–Kier alpha value is -1.70. The molecule has 1 heterocycles. The summed E-state index contributed by atoms with van der Waals surface area (Å²) < 4.78 is 38.4. The van der Waals surface area contributed by atoms with Gasteiger partial charge in [0.25, 0.3) is 0 Å². The fraction of sp³-hybridized carbons (Fsp3) is 0.545. The van der Waals surface area contributed by atoms with Gasteiger partial charge in [0.2, 0.25) is 0 Å². The first-order valence-electron chi connectivity index (χ1n) is 10.0. The van der Waals surface area contributed by atoms with Gasteiger partial charge in [-0.2, -0.15) is 0 Å². The van der Waals surface area contributed by atoms with E-state index in [1.807, 2.05) is 26.8 Å². The second kappa shape index (κ2) is 9.87. The average Bonchev–Trinajstić information content (AvgIpc) is 2.93. The molecule has 2 rings (SSSR count). The quantitative estimate of drug-likeness (QED) is 0.525. The molecule has 1 aliphatic rings. The lowest BCUT2D eigenvalue weighted by molar-refractivity contribution is 0.187. The van der Waals surface area contributed by atoms with Crippen LogP contribution < -0.4 is 0 Å². The molecule has 0 bridgehead atoms. The van der Waals surface area contributed by atoms with E-state index in [-0.39, 0.29) is 11.7 Å². The van der Waals surface area contributed by atoms with Crippen molar-refractivity contribution in [3.8, 4) is 5.75 Å². The van der Waals surface area contributed by atoms with Crippen molar-refractivity contribution in [3.63, 3.8) is 0 Å². The number of phenols is 1. The van der Waals surface area contributed by atoms with E-state index in [4.69, 9.17) is 0 Å². The van der Waals surface area contributed by atoms with E-state index >= 15 is 0 Å². The van der Waals surface area contributed by atoms with Gasteiger partial charge in [-0.25, -0.2) is 12.8 Å². The van der Waals surface area contributed by atoms with Crippen LogP contribution in [-0.4, -0.2) is 47.5 Å². The van der Waals surface area contributed by atoms with Crippen LogP contribution in [0.1, 0.15) is 52.0 Å². The zero-order valence-corrected chi connectivity index (χ0v) is 18.0. The molecular weight excluding hydrogens is 395 g/mol. The Balaban J connectivity index is 2.22. The molecule has 162 valence electrons. The van der Waals surface area contributed by atoms with E-state index in [9.17, 15) is 28.1 Å². The molecule has 3 N–H and O–H groups in total. The van der Waals surface area contributed by atoms with Crippen molar-refractivity contribution in [2.75, 3.05) is 12.4 Å². The van der Waals surface area contributed by atoms with E-state index < -0.39 is 39.4 Å². The molecule has 0 fully saturated rings. The third kappa shape index (κ3) is 5.68. The number of rotatable bonds is 9. The van der Waals surface area contributed by atoms with Crippen molar-refractivity contribution in [3.05, 3.63) is 46.3 Å². The smallest absolute Gasteiger partial charge is 0.165 e.